The third-order valence-corrected chi connectivity index (χ3v) is 5.11. The lowest BCUT2D eigenvalue weighted by Gasteiger charge is -2.20. The van der Waals surface area contributed by atoms with E-state index < -0.39 is 0 Å². The summed E-state index contributed by atoms with van der Waals surface area (Å²) in [6.07, 6.45) is 10.9. The normalized spacial score (nSPS) is 17.8. The summed E-state index contributed by atoms with van der Waals surface area (Å²) < 4.78 is 0. The number of hydrogen-bond acceptors (Lipinski definition) is 4. The predicted octanol–water partition coefficient (Wildman–Crippen LogP) is 3.51. The number of fused-ring (bicyclic) bond motifs is 1. The molecule has 2 aromatic heterocycles. The highest BCUT2D eigenvalue weighted by atomic mass is 16.2. The molecule has 5 nitrogen and oxygen atoms in total. The maximum Gasteiger partial charge on any atom is 0.256 e. The number of rotatable bonds is 3. The molecule has 0 spiro atoms. The fraction of sp³-hybridized carbons (Fsp3) is 0.333. The van der Waals surface area contributed by atoms with Crippen LogP contribution in [0.4, 0.5) is 0 Å². The largest absolute Gasteiger partial charge is 0.339 e. The number of amides is 1. The number of hydrogen-bond donors (Lipinski definition) is 0. The molecule has 132 valence electrons. The Hall–Kier alpha value is -2.82. The van der Waals surface area contributed by atoms with Crippen LogP contribution in [0, 0.1) is 5.92 Å². The summed E-state index contributed by atoms with van der Waals surface area (Å²) in [5.41, 5.74) is 2.90. The summed E-state index contributed by atoms with van der Waals surface area (Å²) in [6, 6.07) is 10.5. The molecule has 1 saturated heterocycles. The molecule has 0 N–H and O–H groups in total. The summed E-state index contributed by atoms with van der Waals surface area (Å²) >= 11 is 0. The van der Waals surface area contributed by atoms with Crippen LogP contribution in [0.25, 0.3) is 10.9 Å². The molecule has 4 rings (SSSR count). The molecule has 26 heavy (non-hydrogen) atoms. The lowest BCUT2D eigenvalue weighted by atomic mass is 9.93. The smallest absolute Gasteiger partial charge is 0.256 e. The second kappa shape index (κ2) is 7.60. The van der Waals surface area contributed by atoms with Crippen molar-refractivity contribution in [2.24, 2.45) is 5.92 Å². The van der Waals surface area contributed by atoms with Crippen LogP contribution in [-0.4, -0.2) is 38.8 Å². The monoisotopic (exact) mass is 346 g/mol. The fourth-order valence-corrected chi connectivity index (χ4v) is 3.73. The average Bonchev–Trinajstić information content (AvgIpc) is 2.93. The van der Waals surface area contributed by atoms with Crippen molar-refractivity contribution in [3.63, 3.8) is 0 Å². The molecule has 0 aliphatic carbocycles. The van der Waals surface area contributed by atoms with Crippen LogP contribution in [0.3, 0.4) is 0 Å². The maximum atomic E-state index is 12.6. The van der Waals surface area contributed by atoms with Crippen molar-refractivity contribution >= 4 is 16.8 Å². The van der Waals surface area contributed by atoms with Gasteiger partial charge < -0.3 is 4.90 Å². The lowest BCUT2D eigenvalue weighted by molar-refractivity contribution is 0.0759. The van der Waals surface area contributed by atoms with E-state index in [4.69, 9.17) is 0 Å². The zero-order valence-corrected chi connectivity index (χ0v) is 14.7. The first-order valence-corrected chi connectivity index (χ1v) is 9.17. The van der Waals surface area contributed by atoms with E-state index in [1.165, 1.54) is 17.3 Å². The lowest BCUT2D eigenvalue weighted by Crippen LogP contribution is -2.32. The molecule has 1 aromatic carbocycles. The van der Waals surface area contributed by atoms with Gasteiger partial charge >= 0.3 is 0 Å². The quantitative estimate of drug-likeness (QED) is 0.728. The number of aromatic nitrogens is 3. The van der Waals surface area contributed by atoms with E-state index in [0.717, 1.165) is 44.3 Å². The van der Waals surface area contributed by atoms with Crippen molar-refractivity contribution in [1.82, 2.24) is 19.9 Å². The highest BCUT2D eigenvalue weighted by Crippen LogP contribution is 2.24. The molecule has 3 heterocycles. The number of para-hydroxylation sites is 1. The van der Waals surface area contributed by atoms with Gasteiger partial charge in [0.15, 0.2) is 0 Å². The minimum Gasteiger partial charge on any atom is -0.339 e. The number of nitrogens with zero attached hydrogens (tertiary/aromatic N) is 4. The van der Waals surface area contributed by atoms with Gasteiger partial charge in [-0.25, -0.2) is 9.97 Å². The number of carbonyl (C=O) groups excluding carboxylic acids is 1. The maximum absolute atomic E-state index is 12.6. The van der Waals surface area contributed by atoms with Crippen molar-refractivity contribution in [3.8, 4) is 0 Å². The molecule has 0 bridgehead atoms. The van der Waals surface area contributed by atoms with Crippen LogP contribution in [0.15, 0.2) is 55.2 Å². The predicted molar refractivity (Wildman–Crippen MR) is 101 cm³/mol. The van der Waals surface area contributed by atoms with E-state index in [1.807, 2.05) is 23.2 Å². The van der Waals surface area contributed by atoms with E-state index >= 15 is 0 Å². The average molecular weight is 346 g/mol. The third-order valence-electron chi connectivity index (χ3n) is 5.11. The summed E-state index contributed by atoms with van der Waals surface area (Å²) in [5, 5.41) is 1.19. The van der Waals surface area contributed by atoms with Gasteiger partial charge in [-0.2, -0.15) is 0 Å². The summed E-state index contributed by atoms with van der Waals surface area (Å²) in [6.45, 7) is 1.60. The highest BCUT2D eigenvalue weighted by Gasteiger charge is 2.22. The molecule has 0 radical (unpaired) electrons. The van der Waals surface area contributed by atoms with Crippen molar-refractivity contribution < 1.29 is 4.79 Å². The summed E-state index contributed by atoms with van der Waals surface area (Å²) in [4.78, 5) is 27.0. The van der Waals surface area contributed by atoms with Gasteiger partial charge in [-0.1, -0.05) is 18.2 Å². The van der Waals surface area contributed by atoms with Gasteiger partial charge in [0, 0.05) is 37.1 Å². The van der Waals surface area contributed by atoms with Crippen LogP contribution in [0.1, 0.15) is 35.2 Å². The van der Waals surface area contributed by atoms with Crippen LogP contribution in [-0.2, 0) is 6.42 Å². The number of carbonyl (C=O) groups is 1. The van der Waals surface area contributed by atoms with E-state index in [0.29, 0.717) is 11.5 Å². The number of likely N-dealkylation sites (tertiary alicyclic amines) is 1. The molecule has 1 fully saturated rings. The molecule has 1 aliphatic heterocycles. The minimum absolute atomic E-state index is 0.0404. The van der Waals surface area contributed by atoms with Crippen molar-refractivity contribution in [2.75, 3.05) is 13.1 Å². The zero-order valence-electron chi connectivity index (χ0n) is 14.7. The van der Waals surface area contributed by atoms with Crippen LogP contribution >= 0.6 is 0 Å². The van der Waals surface area contributed by atoms with Gasteiger partial charge in [0.25, 0.3) is 5.91 Å². The molecule has 1 amide bonds. The fourth-order valence-electron chi connectivity index (χ4n) is 3.73. The first-order chi connectivity index (χ1) is 12.8. The van der Waals surface area contributed by atoms with Crippen molar-refractivity contribution in [2.45, 2.75) is 25.7 Å². The van der Waals surface area contributed by atoms with Gasteiger partial charge in [-0.05, 0) is 49.3 Å². The molecule has 0 unspecified atom stereocenters. The Morgan fingerprint density at radius 1 is 1.08 bits per heavy atom. The Labute approximate surface area is 153 Å². The summed E-state index contributed by atoms with van der Waals surface area (Å²) in [7, 11) is 0. The molecular formula is C21H22N4O. The standard InChI is InChI=1S/C21H22N4O/c26-21(19-13-22-15-23-14-19)25-8-3-4-16(7-9-25)10-17-11-18-5-1-2-6-20(18)24-12-17/h1-2,5-6,11-16H,3-4,7-10H2/t16-/m0/s1. The number of pyridine rings is 1. The third kappa shape index (κ3) is 3.72. The zero-order chi connectivity index (χ0) is 17.8. The van der Waals surface area contributed by atoms with Gasteiger partial charge in [0.1, 0.15) is 6.33 Å². The first kappa shape index (κ1) is 16.6. The van der Waals surface area contributed by atoms with Gasteiger partial charge in [0.2, 0.25) is 0 Å². The molecule has 1 atom stereocenters. The second-order valence-corrected chi connectivity index (χ2v) is 6.96. The number of benzene rings is 1. The Balaban J connectivity index is 1.41. The summed E-state index contributed by atoms with van der Waals surface area (Å²) in [5.74, 6) is 0.626. The molecule has 5 heteroatoms. The Kier molecular flexibility index (Phi) is 4.86. The Morgan fingerprint density at radius 2 is 1.92 bits per heavy atom. The van der Waals surface area contributed by atoms with Crippen LogP contribution in [0.5, 0.6) is 0 Å². The first-order valence-electron chi connectivity index (χ1n) is 9.17. The highest BCUT2D eigenvalue weighted by molar-refractivity contribution is 5.93. The van der Waals surface area contributed by atoms with E-state index in [-0.39, 0.29) is 5.91 Å². The molecule has 3 aromatic rings. The van der Waals surface area contributed by atoms with E-state index in [1.54, 1.807) is 12.4 Å². The molecular weight excluding hydrogens is 324 g/mol. The second-order valence-electron chi connectivity index (χ2n) is 6.96. The molecule has 0 saturated carbocycles. The Morgan fingerprint density at radius 3 is 2.81 bits per heavy atom. The minimum atomic E-state index is 0.0404. The topological polar surface area (TPSA) is 59.0 Å². The SMILES string of the molecule is O=C(c1cncnc1)N1CCC[C@H](Cc2cnc3ccccc3c2)CC1. The van der Waals surface area contributed by atoms with E-state index in [9.17, 15) is 4.79 Å². The van der Waals surface area contributed by atoms with Crippen molar-refractivity contribution in [3.05, 3.63) is 66.4 Å². The van der Waals surface area contributed by atoms with Crippen LogP contribution < -0.4 is 0 Å². The van der Waals surface area contributed by atoms with Gasteiger partial charge in [-0.15, -0.1) is 0 Å². The van der Waals surface area contributed by atoms with Crippen LogP contribution in [0.2, 0.25) is 0 Å². The Bertz CT molecular complexity index is 897. The van der Waals surface area contributed by atoms with Gasteiger partial charge in [0.05, 0.1) is 11.1 Å². The van der Waals surface area contributed by atoms with Crippen molar-refractivity contribution in [1.29, 1.82) is 0 Å². The molecule has 1 aliphatic rings. The van der Waals surface area contributed by atoms with Gasteiger partial charge in [-0.3, -0.25) is 9.78 Å². The van der Waals surface area contributed by atoms with E-state index in [2.05, 4.69) is 33.2 Å².